The minimum atomic E-state index is -0.292. The number of hydrogen-bond donors (Lipinski definition) is 2. The van der Waals surface area contributed by atoms with Gasteiger partial charge in [0.15, 0.2) is 5.82 Å². The van der Waals surface area contributed by atoms with Crippen LogP contribution in [0, 0.1) is 5.82 Å². The van der Waals surface area contributed by atoms with Crippen LogP contribution in [0.25, 0.3) is 11.1 Å². The molecule has 1 atom stereocenters. The first-order chi connectivity index (χ1) is 11.5. The number of nitrogens with one attached hydrogen (secondary N) is 2. The molecule has 1 heterocycles. The third-order valence-corrected chi connectivity index (χ3v) is 4.11. The molecule has 0 spiro atoms. The van der Waals surface area contributed by atoms with Gasteiger partial charge >= 0.3 is 0 Å². The first kappa shape index (κ1) is 16.4. The number of anilines is 1. The average molecular weight is 388 g/mol. The normalized spacial score (nSPS) is 12.0. The van der Waals surface area contributed by atoms with E-state index in [2.05, 4.69) is 31.2 Å². The third kappa shape index (κ3) is 3.54. The number of aromatic amines is 1. The van der Waals surface area contributed by atoms with Crippen molar-refractivity contribution in [1.29, 1.82) is 0 Å². The predicted octanol–water partition coefficient (Wildman–Crippen LogP) is 4.51. The summed E-state index contributed by atoms with van der Waals surface area (Å²) in [7, 11) is 0. The molecule has 0 aliphatic heterocycles. The molecule has 0 saturated carbocycles. The molecule has 0 aliphatic carbocycles. The molecule has 24 heavy (non-hydrogen) atoms. The fraction of sp³-hybridized carbons (Fsp3) is 0.111. The lowest BCUT2D eigenvalue weighted by atomic mass is 10.0. The van der Waals surface area contributed by atoms with Gasteiger partial charge in [-0.25, -0.2) is 9.37 Å². The Kier molecular flexibility index (Phi) is 4.76. The molecule has 0 unspecified atom stereocenters. The summed E-state index contributed by atoms with van der Waals surface area (Å²) >= 11 is 3.17. The van der Waals surface area contributed by atoms with Crippen molar-refractivity contribution in [3.8, 4) is 11.1 Å². The van der Waals surface area contributed by atoms with Crippen molar-refractivity contribution < 1.29 is 4.39 Å². The lowest BCUT2D eigenvalue weighted by molar-refractivity contribution is 0.631. The van der Waals surface area contributed by atoms with Crippen LogP contribution >= 0.6 is 15.9 Å². The van der Waals surface area contributed by atoms with Gasteiger partial charge in [0.05, 0.1) is 12.2 Å². The molecule has 4 nitrogen and oxygen atoms in total. The summed E-state index contributed by atoms with van der Waals surface area (Å²) in [6.07, 6.45) is 1.53. The van der Waals surface area contributed by atoms with Gasteiger partial charge in [0.1, 0.15) is 10.4 Å². The minimum absolute atomic E-state index is 0.116. The first-order valence-corrected chi connectivity index (χ1v) is 8.20. The van der Waals surface area contributed by atoms with E-state index in [0.717, 1.165) is 11.1 Å². The predicted molar refractivity (Wildman–Crippen MR) is 96.4 cm³/mol. The maximum Gasteiger partial charge on any atom is 0.291 e. The first-order valence-electron chi connectivity index (χ1n) is 7.41. The molecule has 3 aromatic rings. The Morgan fingerprint density at radius 2 is 1.88 bits per heavy atom. The maximum atomic E-state index is 13.8. The summed E-state index contributed by atoms with van der Waals surface area (Å²) in [6.45, 7) is 1.93. The van der Waals surface area contributed by atoms with E-state index < -0.39 is 0 Å². The van der Waals surface area contributed by atoms with Crippen LogP contribution in [-0.2, 0) is 0 Å². The molecule has 0 bridgehead atoms. The van der Waals surface area contributed by atoms with Gasteiger partial charge in [-0.1, -0.05) is 42.5 Å². The van der Waals surface area contributed by atoms with Crippen LogP contribution in [0.5, 0.6) is 0 Å². The van der Waals surface area contributed by atoms with E-state index in [4.69, 9.17) is 0 Å². The molecule has 0 fully saturated rings. The minimum Gasteiger partial charge on any atom is -0.359 e. The highest BCUT2D eigenvalue weighted by Crippen LogP contribution is 2.25. The number of aromatic nitrogens is 2. The van der Waals surface area contributed by atoms with Gasteiger partial charge in [-0.15, -0.1) is 0 Å². The van der Waals surface area contributed by atoms with Crippen molar-refractivity contribution in [2.75, 3.05) is 5.32 Å². The average Bonchev–Trinajstić information content (AvgIpc) is 2.58. The Labute approximate surface area is 146 Å². The molecule has 3 rings (SSSR count). The Bertz CT molecular complexity index is 909. The van der Waals surface area contributed by atoms with Gasteiger partial charge in [0.2, 0.25) is 0 Å². The lowest BCUT2D eigenvalue weighted by Gasteiger charge is -2.15. The highest BCUT2D eigenvalue weighted by atomic mass is 79.9. The van der Waals surface area contributed by atoms with Crippen LogP contribution in [0.3, 0.4) is 0 Å². The number of rotatable bonds is 4. The Balaban J connectivity index is 1.80. The molecule has 6 heteroatoms. The molecule has 2 aromatic carbocycles. The summed E-state index contributed by atoms with van der Waals surface area (Å²) in [5, 5.41) is 3.07. The zero-order chi connectivity index (χ0) is 17.1. The van der Waals surface area contributed by atoms with E-state index in [-0.39, 0.29) is 23.2 Å². The van der Waals surface area contributed by atoms with Gasteiger partial charge in [-0.05, 0) is 40.0 Å². The second-order valence-electron chi connectivity index (χ2n) is 5.38. The maximum absolute atomic E-state index is 13.8. The fourth-order valence-electron chi connectivity index (χ4n) is 2.42. The topological polar surface area (TPSA) is 57.8 Å². The van der Waals surface area contributed by atoms with Crippen LogP contribution in [-0.4, -0.2) is 9.97 Å². The molecule has 2 N–H and O–H groups in total. The molecule has 0 aliphatic rings. The van der Waals surface area contributed by atoms with E-state index in [1.165, 1.54) is 12.3 Å². The summed E-state index contributed by atoms with van der Waals surface area (Å²) in [6, 6.07) is 14.1. The van der Waals surface area contributed by atoms with Gasteiger partial charge in [0.25, 0.3) is 5.56 Å². The van der Waals surface area contributed by atoms with Crippen LogP contribution < -0.4 is 10.9 Å². The van der Waals surface area contributed by atoms with Gasteiger partial charge in [-0.2, -0.15) is 0 Å². The molecule has 122 valence electrons. The van der Waals surface area contributed by atoms with Crippen molar-refractivity contribution in [2.45, 2.75) is 13.0 Å². The SMILES string of the molecule is C[C@@H](Nc1ncc(Br)[nH]c1=O)c1ccc(-c2ccccc2F)cc1. The van der Waals surface area contributed by atoms with Crippen molar-refractivity contribution in [3.63, 3.8) is 0 Å². The summed E-state index contributed by atoms with van der Waals surface area (Å²) in [5.41, 5.74) is 2.05. The number of hydrogen-bond acceptors (Lipinski definition) is 3. The Morgan fingerprint density at radius 1 is 1.17 bits per heavy atom. The van der Waals surface area contributed by atoms with Crippen molar-refractivity contribution >= 4 is 21.7 Å². The Morgan fingerprint density at radius 3 is 2.54 bits per heavy atom. The van der Waals surface area contributed by atoms with Crippen molar-refractivity contribution in [2.24, 2.45) is 0 Å². The largest absolute Gasteiger partial charge is 0.359 e. The van der Waals surface area contributed by atoms with E-state index in [0.29, 0.717) is 10.2 Å². The summed E-state index contributed by atoms with van der Waals surface area (Å²) < 4.78 is 14.4. The number of nitrogens with zero attached hydrogens (tertiary/aromatic N) is 1. The zero-order valence-corrected chi connectivity index (χ0v) is 14.5. The zero-order valence-electron chi connectivity index (χ0n) is 12.9. The molecular weight excluding hydrogens is 373 g/mol. The highest BCUT2D eigenvalue weighted by molar-refractivity contribution is 9.10. The lowest BCUT2D eigenvalue weighted by Crippen LogP contribution is -2.18. The van der Waals surface area contributed by atoms with Crippen LogP contribution in [0.1, 0.15) is 18.5 Å². The smallest absolute Gasteiger partial charge is 0.291 e. The van der Waals surface area contributed by atoms with E-state index in [1.807, 2.05) is 37.3 Å². The number of halogens is 2. The molecular formula is C18H15BrFN3O. The van der Waals surface area contributed by atoms with E-state index in [9.17, 15) is 9.18 Å². The number of H-pyrrole nitrogens is 1. The highest BCUT2D eigenvalue weighted by Gasteiger charge is 2.10. The monoisotopic (exact) mass is 387 g/mol. The molecule has 0 amide bonds. The van der Waals surface area contributed by atoms with Gasteiger partial charge < -0.3 is 10.3 Å². The third-order valence-electron chi connectivity index (χ3n) is 3.70. The van der Waals surface area contributed by atoms with Crippen LogP contribution in [0.15, 0.2) is 64.1 Å². The summed E-state index contributed by atoms with van der Waals surface area (Å²) in [4.78, 5) is 18.5. The molecule has 0 radical (unpaired) electrons. The number of benzene rings is 2. The van der Waals surface area contributed by atoms with Crippen molar-refractivity contribution in [1.82, 2.24) is 9.97 Å². The van der Waals surface area contributed by atoms with E-state index >= 15 is 0 Å². The van der Waals surface area contributed by atoms with Gasteiger partial charge in [0, 0.05) is 5.56 Å². The second kappa shape index (κ2) is 6.97. The quantitative estimate of drug-likeness (QED) is 0.692. The van der Waals surface area contributed by atoms with Gasteiger partial charge in [-0.3, -0.25) is 4.79 Å². The Hall–Kier alpha value is -2.47. The standard InChI is InChI=1S/C18H15BrFN3O/c1-11(22-17-18(24)23-16(19)10-21-17)12-6-8-13(9-7-12)14-4-2-3-5-15(14)20/h2-11H,1H3,(H,21,22)(H,23,24)/t11-/m1/s1. The van der Waals surface area contributed by atoms with Crippen LogP contribution in [0.2, 0.25) is 0 Å². The summed E-state index contributed by atoms with van der Waals surface area (Å²) in [5.74, 6) is 0.00546. The molecule has 0 saturated heterocycles. The molecule has 1 aromatic heterocycles. The van der Waals surface area contributed by atoms with Crippen molar-refractivity contribution in [3.05, 3.63) is 81.1 Å². The second-order valence-corrected chi connectivity index (χ2v) is 6.23. The van der Waals surface area contributed by atoms with Crippen LogP contribution in [0.4, 0.5) is 10.2 Å². The van der Waals surface area contributed by atoms with E-state index in [1.54, 1.807) is 12.1 Å². The fourth-order valence-corrected chi connectivity index (χ4v) is 2.70.